The topological polar surface area (TPSA) is 62.2 Å². The molecule has 28 heavy (non-hydrogen) atoms. The van der Waals surface area contributed by atoms with Crippen LogP contribution in [0.25, 0.3) is 0 Å². The second-order valence-electron chi connectivity index (χ2n) is 6.22. The molecule has 2 rings (SSSR count). The second-order valence-corrected chi connectivity index (χ2v) is 7.06. The van der Waals surface area contributed by atoms with Crippen molar-refractivity contribution in [1.29, 1.82) is 0 Å². The Morgan fingerprint density at radius 1 is 1.21 bits per heavy atom. The summed E-state index contributed by atoms with van der Waals surface area (Å²) in [6.45, 7) is 4.06. The summed E-state index contributed by atoms with van der Waals surface area (Å²) in [5.41, 5.74) is 2.03. The molecule has 0 saturated heterocycles. The quantitative estimate of drug-likeness (QED) is 0.328. The van der Waals surface area contributed by atoms with E-state index >= 15 is 0 Å². The number of hydrogen-bond donors (Lipinski definition) is 1. The molecule has 0 saturated carbocycles. The van der Waals surface area contributed by atoms with Crippen molar-refractivity contribution in [2.24, 2.45) is 4.99 Å². The molecule has 0 bridgehead atoms. The first-order valence-electron chi connectivity index (χ1n) is 8.80. The van der Waals surface area contributed by atoms with Crippen LogP contribution in [0.2, 0.25) is 0 Å². The van der Waals surface area contributed by atoms with Crippen LogP contribution in [-0.4, -0.2) is 57.8 Å². The molecule has 1 heterocycles. The molecular formula is C19H30IN5O2S. The first-order chi connectivity index (χ1) is 13.0. The number of nitrogens with zero attached hydrogens (tertiary/aromatic N) is 4. The summed E-state index contributed by atoms with van der Waals surface area (Å²) >= 11 is 1.63. The van der Waals surface area contributed by atoms with E-state index in [1.807, 2.05) is 44.2 Å². The SMILES string of the molecule is CCNC(=NCc1csc(N(C)C)n1)N(C)Cc1ccc(OC)cc1OC.I. The summed E-state index contributed by atoms with van der Waals surface area (Å²) in [4.78, 5) is 13.4. The third-order valence-electron chi connectivity index (χ3n) is 3.91. The number of ether oxygens (including phenoxy) is 2. The number of halogens is 1. The standard InChI is InChI=1S/C19H29N5O2S.HI/c1-7-20-18(21-11-15-13-27-19(22-15)23(2)3)24(4)12-14-8-9-16(25-5)10-17(14)26-6;/h8-10,13H,7,11-12H2,1-6H3,(H,20,21);1H. The summed E-state index contributed by atoms with van der Waals surface area (Å²) in [6, 6.07) is 5.85. The fraction of sp³-hybridized carbons (Fsp3) is 0.474. The molecule has 9 heteroatoms. The van der Waals surface area contributed by atoms with Gasteiger partial charge < -0.3 is 24.6 Å². The maximum absolute atomic E-state index is 5.50. The minimum atomic E-state index is 0. The first-order valence-corrected chi connectivity index (χ1v) is 9.68. The molecule has 0 fully saturated rings. The van der Waals surface area contributed by atoms with Crippen molar-refractivity contribution in [3.63, 3.8) is 0 Å². The van der Waals surface area contributed by atoms with Crippen molar-refractivity contribution in [2.45, 2.75) is 20.0 Å². The van der Waals surface area contributed by atoms with E-state index in [9.17, 15) is 0 Å². The molecule has 0 spiro atoms. The zero-order chi connectivity index (χ0) is 19.8. The van der Waals surface area contributed by atoms with Gasteiger partial charge in [-0.3, -0.25) is 0 Å². The highest BCUT2D eigenvalue weighted by atomic mass is 127. The zero-order valence-electron chi connectivity index (χ0n) is 17.4. The average Bonchev–Trinajstić information content (AvgIpc) is 3.14. The van der Waals surface area contributed by atoms with E-state index < -0.39 is 0 Å². The van der Waals surface area contributed by atoms with Gasteiger partial charge in [-0.25, -0.2) is 9.98 Å². The van der Waals surface area contributed by atoms with Crippen molar-refractivity contribution >= 4 is 46.4 Å². The number of anilines is 1. The lowest BCUT2D eigenvalue weighted by Gasteiger charge is -2.23. The van der Waals surface area contributed by atoms with Gasteiger partial charge in [-0.2, -0.15) is 0 Å². The third kappa shape index (κ3) is 6.69. The van der Waals surface area contributed by atoms with E-state index in [4.69, 9.17) is 14.5 Å². The third-order valence-corrected chi connectivity index (χ3v) is 4.97. The molecule has 1 aromatic carbocycles. The van der Waals surface area contributed by atoms with E-state index in [0.29, 0.717) is 13.1 Å². The number of guanidine groups is 1. The molecular weight excluding hydrogens is 489 g/mol. The lowest BCUT2D eigenvalue weighted by Crippen LogP contribution is -2.38. The molecule has 0 aliphatic carbocycles. The maximum atomic E-state index is 5.50. The van der Waals surface area contributed by atoms with Crippen LogP contribution in [0.15, 0.2) is 28.6 Å². The molecule has 0 radical (unpaired) electrons. The molecule has 0 unspecified atom stereocenters. The molecule has 156 valence electrons. The van der Waals surface area contributed by atoms with Gasteiger partial charge in [0.2, 0.25) is 0 Å². The number of aliphatic imine (C=N–C) groups is 1. The van der Waals surface area contributed by atoms with Gasteiger partial charge in [0.15, 0.2) is 11.1 Å². The van der Waals surface area contributed by atoms with Crippen LogP contribution in [0, 0.1) is 0 Å². The Kier molecular flexibility index (Phi) is 10.4. The molecule has 0 amide bonds. The van der Waals surface area contributed by atoms with Gasteiger partial charge >= 0.3 is 0 Å². The Balaban J connectivity index is 0.00000392. The van der Waals surface area contributed by atoms with Crippen LogP contribution in [0.3, 0.4) is 0 Å². The number of thiazole rings is 1. The second kappa shape index (κ2) is 11.9. The van der Waals surface area contributed by atoms with Gasteiger partial charge in [0.25, 0.3) is 0 Å². The summed E-state index contributed by atoms with van der Waals surface area (Å²) in [7, 11) is 9.31. The molecule has 0 aliphatic rings. The fourth-order valence-electron chi connectivity index (χ4n) is 2.51. The van der Waals surface area contributed by atoms with Crippen LogP contribution in [0.1, 0.15) is 18.2 Å². The van der Waals surface area contributed by atoms with Gasteiger partial charge in [-0.1, -0.05) is 0 Å². The number of methoxy groups -OCH3 is 2. The maximum Gasteiger partial charge on any atom is 0.194 e. The highest BCUT2D eigenvalue weighted by Gasteiger charge is 2.12. The summed E-state index contributed by atoms with van der Waals surface area (Å²) in [5.74, 6) is 2.40. The smallest absolute Gasteiger partial charge is 0.194 e. The normalized spacial score (nSPS) is 10.9. The van der Waals surface area contributed by atoms with Crippen LogP contribution < -0.4 is 19.7 Å². The van der Waals surface area contributed by atoms with Crippen LogP contribution >= 0.6 is 35.3 Å². The summed E-state index contributed by atoms with van der Waals surface area (Å²) < 4.78 is 10.8. The van der Waals surface area contributed by atoms with Gasteiger partial charge in [0.1, 0.15) is 11.5 Å². The number of rotatable bonds is 8. The fourth-order valence-corrected chi connectivity index (χ4v) is 3.26. The minimum absolute atomic E-state index is 0. The highest BCUT2D eigenvalue weighted by Crippen LogP contribution is 2.25. The molecule has 0 atom stereocenters. The monoisotopic (exact) mass is 519 g/mol. The molecule has 1 aromatic heterocycles. The molecule has 1 N–H and O–H groups in total. The van der Waals surface area contributed by atoms with E-state index in [-0.39, 0.29) is 24.0 Å². The van der Waals surface area contributed by atoms with E-state index in [1.54, 1.807) is 25.6 Å². The van der Waals surface area contributed by atoms with Crippen LogP contribution in [-0.2, 0) is 13.1 Å². The van der Waals surface area contributed by atoms with E-state index in [2.05, 4.69) is 27.5 Å². The van der Waals surface area contributed by atoms with Crippen molar-refractivity contribution in [2.75, 3.05) is 46.8 Å². The average molecular weight is 519 g/mol. The Morgan fingerprint density at radius 3 is 2.54 bits per heavy atom. The van der Waals surface area contributed by atoms with Crippen LogP contribution in [0.5, 0.6) is 11.5 Å². The highest BCUT2D eigenvalue weighted by molar-refractivity contribution is 14.0. The predicted octanol–water partition coefficient (Wildman–Crippen LogP) is 3.44. The first kappa shape index (κ1) is 24.3. The van der Waals surface area contributed by atoms with Gasteiger partial charge in [-0.05, 0) is 19.1 Å². The number of benzene rings is 1. The van der Waals surface area contributed by atoms with Gasteiger partial charge in [0.05, 0.1) is 26.5 Å². The van der Waals surface area contributed by atoms with Crippen molar-refractivity contribution in [3.05, 3.63) is 34.8 Å². The zero-order valence-corrected chi connectivity index (χ0v) is 20.5. The summed E-state index contributed by atoms with van der Waals surface area (Å²) in [6.07, 6.45) is 0. The molecule has 2 aromatic rings. The number of hydrogen-bond acceptors (Lipinski definition) is 6. The lowest BCUT2D eigenvalue weighted by molar-refractivity contribution is 0.382. The Bertz CT molecular complexity index is 767. The van der Waals surface area contributed by atoms with Crippen LogP contribution in [0.4, 0.5) is 5.13 Å². The number of nitrogens with one attached hydrogen (secondary N) is 1. The lowest BCUT2D eigenvalue weighted by atomic mass is 10.2. The van der Waals surface area contributed by atoms with Crippen molar-refractivity contribution < 1.29 is 9.47 Å². The Labute approximate surface area is 188 Å². The molecule has 7 nitrogen and oxygen atoms in total. The van der Waals surface area contributed by atoms with Gasteiger partial charge in [0, 0.05) is 51.2 Å². The minimum Gasteiger partial charge on any atom is -0.497 e. The summed E-state index contributed by atoms with van der Waals surface area (Å²) in [5, 5.41) is 6.38. The van der Waals surface area contributed by atoms with Crippen molar-refractivity contribution in [1.82, 2.24) is 15.2 Å². The van der Waals surface area contributed by atoms with E-state index in [1.165, 1.54) is 0 Å². The number of aromatic nitrogens is 1. The van der Waals surface area contributed by atoms with E-state index in [0.717, 1.165) is 40.4 Å². The van der Waals surface area contributed by atoms with Gasteiger partial charge in [-0.15, -0.1) is 35.3 Å². The van der Waals surface area contributed by atoms with Crippen molar-refractivity contribution in [3.8, 4) is 11.5 Å². The Hall–Kier alpha value is -1.75. The Morgan fingerprint density at radius 2 is 1.96 bits per heavy atom. The molecule has 0 aliphatic heterocycles. The predicted molar refractivity (Wildman–Crippen MR) is 128 cm³/mol. The largest absolute Gasteiger partial charge is 0.497 e.